The Morgan fingerprint density at radius 2 is 2.09 bits per heavy atom. The third-order valence-electron chi connectivity index (χ3n) is 4.39. The van der Waals surface area contributed by atoms with Crippen molar-refractivity contribution in [1.82, 2.24) is 5.32 Å². The second kappa shape index (κ2) is 8.93. The average Bonchev–Trinajstić information content (AvgIpc) is 2.54. The lowest BCUT2D eigenvalue weighted by Crippen LogP contribution is -2.29. The number of rotatable bonds is 7. The number of nitrogens with one attached hydrogen (secondary N) is 1. The summed E-state index contributed by atoms with van der Waals surface area (Å²) in [6, 6.07) is 5.79. The fraction of sp³-hybridized carbons (Fsp3) is 0.556. The van der Waals surface area contributed by atoms with Gasteiger partial charge in [0.05, 0.1) is 16.1 Å². The van der Waals surface area contributed by atoms with Crippen molar-refractivity contribution in [3.8, 4) is 0 Å². The van der Waals surface area contributed by atoms with Crippen LogP contribution >= 0.6 is 23.2 Å². The molecule has 122 valence electrons. The number of halogens is 2. The Labute approximate surface area is 143 Å². The van der Waals surface area contributed by atoms with Crippen LogP contribution in [-0.4, -0.2) is 17.8 Å². The van der Waals surface area contributed by atoms with Crippen LogP contribution in [0.25, 0.3) is 0 Å². The summed E-state index contributed by atoms with van der Waals surface area (Å²) in [5, 5.41) is 14.7. The van der Waals surface area contributed by atoms with Gasteiger partial charge in [0, 0.05) is 12.6 Å². The van der Waals surface area contributed by atoms with E-state index in [1.165, 1.54) is 19.3 Å². The molecule has 0 aliphatic heterocycles. The van der Waals surface area contributed by atoms with Gasteiger partial charge in [0.15, 0.2) is 0 Å². The van der Waals surface area contributed by atoms with Gasteiger partial charge in [-0.25, -0.2) is 0 Å². The molecule has 0 aromatic heterocycles. The Morgan fingerprint density at radius 3 is 2.77 bits per heavy atom. The second-order valence-corrected chi connectivity index (χ2v) is 7.00. The van der Waals surface area contributed by atoms with Crippen LogP contribution < -0.4 is 5.32 Å². The summed E-state index contributed by atoms with van der Waals surface area (Å²) < 4.78 is 0. The van der Waals surface area contributed by atoms with E-state index in [0.717, 1.165) is 24.3 Å². The third-order valence-corrected chi connectivity index (χ3v) is 5.13. The molecule has 1 aromatic carbocycles. The Morgan fingerprint density at radius 1 is 1.27 bits per heavy atom. The van der Waals surface area contributed by atoms with Crippen LogP contribution in [0.3, 0.4) is 0 Å². The van der Waals surface area contributed by atoms with Crippen molar-refractivity contribution in [2.24, 2.45) is 5.92 Å². The highest BCUT2D eigenvalue weighted by Crippen LogP contribution is 2.26. The summed E-state index contributed by atoms with van der Waals surface area (Å²) in [6.45, 7) is 2.67. The Kier molecular flexibility index (Phi) is 7.23. The van der Waals surface area contributed by atoms with E-state index >= 15 is 0 Å². The zero-order chi connectivity index (χ0) is 15.9. The van der Waals surface area contributed by atoms with E-state index < -0.39 is 0 Å². The monoisotopic (exact) mass is 341 g/mol. The van der Waals surface area contributed by atoms with Crippen molar-refractivity contribution in [2.45, 2.75) is 51.2 Å². The van der Waals surface area contributed by atoms with Crippen molar-refractivity contribution in [2.75, 3.05) is 6.54 Å². The minimum atomic E-state index is -0.295. The fourth-order valence-corrected chi connectivity index (χ4v) is 3.17. The number of benzene rings is 1. The van der Waals surface area contributed by atoms with Crippen molar-refractivity contribution in [3.63, 3.8) is 0 Å². The number of hydrogen-bond donors (Lipinski definition) is 2. The summed E-state index contributed by atoms with van der Waals surface area (Å²) in [5.41, 5.74) is 1.08. The van der Waals surface area contributed by atoms with Crippen LogP contribution in [0.5, 0.6) is 0 Å². The SMILES string of the molecule is CC(NC[C@@H](O)CCC1CC=CCC1)c1ccc(Cl)c(Cl)c1. The van der Waals surface area contributed by atoms with Crippen molar-refractivity contribution >= 4 is 23.2 Å². The number of allylic oxidation sites excluding steroid dienone is 2. The molecule has 2 N–H and O–H groups in total. The zero-order valence-electron chi connectivity index (χ0n) is 13.1. The quantitative estimate of drug-likeness (QED) is 0.673. The van der Waals surface area contributed by atoms with Crippen molar-refractivity contribution in [1.29, 1.82) is 0 Å². The molecule has 0 heterocycles. The summed E-state index contributed by atoms with van der Waals surface area (Å²) in [6.07, 6.45) is 9.81. The van der Waals surface area contributed by atoms with Crippen molar-refractivity contribution < 1.29 is 5.11 Å². The maximum atomic E-state index is 10.1. The van der Waals surface area contributed by atoms with Gasteiger partial charge in [0.1, 0.15) is 0 Å². The Hall–Kier alpha value is -0.540. The predicted molar refractivity (Wildman–Crippen MR) is 94.6 cm³/mol. The summed E-state index contributed by atoms with van der Waals surface area (Å²) in [4.78, 5) is 0. The maximum absolute atomic E-state index is 10.1. The summed E-state index contributed by atoms with van der Waals surface area (Å²) in [7, 11) is 0. The first kappa shape index (κ1) is 17.8. The maximum Gasteiger partial charge on any atom is 0.0664 e. The minimum absolute atomic E-state index is 0.141. The van der Waals surface area contributed by atoms with Gasteiger partial charge >= 0.3 is 0 Å². The van der Waals surface area contributed by atoms with Gasteiger partial charge in [-0.2, -0.15) is 0 Å². The molecular weight excluding hydrogens is 317 g/mol. The first-order chi connectivity index (χ1) is 10.6. The molecule has 0 radical (unpaired) electrons. The lowest BCUT2D eigenvalue weighted by Gasteiger charge is -2.21. The lowest BCUT2D eigenvalue weighted by molar-refractivity contribution is 0.147. The van der Waals surface area contributed by atoms with E-state index in [2.05, 4.69) is 24.4 Å². The number of aliphatic hydroxyl groups is 1. The van der Waals surface area contributed by atoms with Crippen LogP contribution in [0.1, 0.15) is 50.6 Å². The van der Waals surface area contributed by atoms with E-state index in [1.807, 2.05) is 18.2 Å². The molecule has 0 amide bonds. The van der Waals surface area contributed by atoms with Gasteiger partial charge in [-0.3, -0.25) is 0 Å². The molecular formula is C18H25Cl2NO. The highest BCUT2D eigenvalue weighted by Gasteiger charge is 2.14. The Balaban J connectivity index is 1.71. The van der Waals surface area contributed by atoms with E-state index in [0.29, 0.717) is 16.6 Å². The molecule has 0 saturated carbocycles. The molecule has 0 bridgehead atoms. The summed E-state index contributed by atoms with van der Waals surface area (Å²) >= 11 is 12.0. The van der Waals surface area contributed by atoms with Crippen LogP contribution in [0.2, 0.25) is 10.0 Å². The average molecular weight is 342 g/mol. The first-order valence-electron chi connectivity index (χ1n) is 8.07. The second-order valence-electron chi connectivity index (χ2n) is 6.19. The van der Waals surface area contributed by atoms with Crippen LogP contribution in [0, 0.1) is 5.92 Å². The molecule has 0 fully saturated rings. The standard InChI is InChI=1S/C18H25Cl2NO/c1-13(15-8-10-17(19)18(20)11-15)21-12-16(22)9-7-14-5-3-2-4-6-14/h2-3,8,10-11,13-14,16,21-22H,4-7,9,12H2,1H3/t13?,14?,16-/m0/s1. The molecule has 2 unspecified atom stereocenters. The molecule has 22 heavy (non-hydrogen) atoms. The molecule has 1 aromatic rings. The van der Waals surface area contributed by atoms with E-state index in [4.69, 9.17) is 23.2 Å². The third kappa shape index (κ3) is 5.58. The topological polar surface area (TPSA) is 32.3 Å². The van der Waals surface area contributed by atoms with E-state index in [9.17, 15) is 5.11 Å². The van der Waals surface area contributed by atoms with Crippen LogP contribution in [0.4, 0.5) is 0 Å². The van der Waals surface area contributed by atoms with Gasteiger partial charge in [0.2, 0.25) is 0 Å². The molecule has 2 nitrogen and oxygen atoms in total. The van der Waals surface area contributed by atoms with Gasteiger partial charge in [-0.05, 0) is 62.6 Å². The predicted octanol–water partition coefficient (Wildman–Crippen LogP) is 5.14. The van der Waals surface area contributed by atoms with Gasteiger partial charge in [0.25, 0.3) is 0 Å². The lowest BCUT2D eigenvalue weighted by atomic mass is 9.89. The van der Waals surface area contributed by atoms with Gasteiger partial charge in [-0.1, -0.05) is 41.4 Å². The largest absolute Gasteiger partial charge is 0.392 e. The summed E-state index contributed by atoms with van der Waals surface area (Å²) in [5.74, 6) is 0.743. The minimum Gasteiger partial charge on any atom is -0.392 e. The van der Waals surface area contributed by atoms with E-state index in [1.54, 1.807) is 0 Å². The zero-order valence-corrected chi connectivity index (χ0v) is 14.6. The van der Waals surface area contributed by atoms with Crippen LogP contribution in [0.15, 0.2) is 30.4 Å². The van der Waals surface area contributed by atoms with Crippen molar-refractivity contribution in [3.05, 3.63) is 46.0 Å². The molecule has 0 saturated heterocycles. The molecule has 2 rings (SSSR count). The molecule has 4 heteroatoms. The Bertz CT molecular complexity index is 504. The number of aliphatic hydroxyl groups excluding tert-OH is 1. The smallest absolute Gasteiger partial charge is 0.0664 e. The molecule has 0 spiro atoms. The number of hydrogen-bond acceptors (Lipinski definition) is 2. The first-order valence-corrected chi connectivity index (χ1v) is 8.83. The fourth-order valence-electron chi connectivity index (χ4n) is 2.86. The van der Waals surface area contributed by atoms with Crippen LogP contribution in [-0.2, 0) is 0 Å². The van der Waals surface area contributed by atoms with Gasteiger partial charge in [-0.15, -0.1) is 0 Å². The normalized spacial score (nSPS) is 20.8. The van der Waals surface area contributed by atoms with Gasteiger partial charge < -0.3 is 10.4 Å². The molecule has 3 atom stereocenters. The van der Waals surface area contributed by atoms with E-state index in [-0.39, 0.29) is 12.1 Å². The highest BCUT2D eigenvalue weighted by molar-refractivity contribution is 6.42. The molecule has 1 aliphatic rings. The highest BCUT2D eigenvalue weighted by atomic mass is 35.5. The molecule has 1 aliphatic carbocycles.